The first-order chi connectivity index (χ1) is 17.9. The highest BCUT2D eigenvalue weighted by molar-refractivity contribution is 6.10. The average Bonchev–Trinajstić information content (AvgIpc) is 3.56. The fourth-order valence-electron chi connectivity index (χ4n) is 8.80. The highest BCUT2D eigenvalue weighted by atomic mass is 16.5. The summed E-state index contributed by atoms with van der Waals surface area (Å²) in [5.74, 6) is 1.51. The van der Waals surface area contributed by atoms with Crippen LogP contribution in [0.25, 0.3) is 21.7 Å². The van der Waals surface area contributed by atoms with Gasteiger partial charge in [-0.05, 0) is 73.7 Å². The molecular formula is C32H32N2O3. The van der Waals surface area contributed by atoms with E-state index in [0.29, 0.717) is 12.2 Å². The third kappa shape index (κ3) is 2.31. The van der Waals surface area contributed by atoms with Crippen molar-refractivity contribution in [3.63, 3.8) is 0 Å². The predicted octanol–water partition coefficient (Wildman–Crippen LogP) is 5.00. The van der Waals surface area contributed by atoms with Gasteiger partial charge in [-0.1, -0.05) is 36.4 Å². The number of phenolic OH excluding ortho intramolecular Hbond substituents is 1. The molecule has 5 heteroatoms. The number of rotatable bonds is 3. The Hall–Kier alpha value is -3.02. The number of aromatic hydroxyl groups is 1. The zero-order chi connectivity index (χ0) is 24.8. The summed E-state index contributed by atoms with van der Waals surface area (Å²) in [4.78, 5) is 2.43. The molecule has 3 heterocycles. The van der Waals surface area contributed by atoms with E-state index in [1.165, 1.54) is 56.9 Å². The lowest BCUT2D eigenvalue weighted by atomic mass is 9.52. The lowest BCUT2D eigenvalue weighted by molar-refractivity contribution is -0.133. The van der Waals surface area contributed by atoms with E-state index in [9.17, 15) is 10.2 Å². The van der Waals surface area contributed by atoms with E-state index in [0.717, 1.165) is 37.4 Å². The molecule has 0 amide bonds. The van der Waals surface area contributed by atoms with Crippen molar-refractivity contribution in [2.75, 3.05) is 13.6 Å². The Bertz CT molecular complexity index is 1680. The van der Waals surface area contributed by atoms with Gasteiger partial charge in [-0.2, -0.15) is 0 Å². The van der Waals surface area contributed by atoms with E-state index in [2.05, 4.69) is 59.8 Å². The molecule has 188 valence electrons. The van der Waals surface area contributed by atoms with Gasteiger partial charge >= 0.3 is 0 Å². The number of fused-ring (bicyclic) bond motifs is 4. The van der Waals surface area contributed by atoms with Crippen molar-refractivity contribution < 1.29 is 14.9 Å². The topological polar surface area (TPSA) is 57.9 Å². The molecule has 0 bridgehead atoms. The first-order valence-electron chi connectivity index (χ1n) is 13.9. The van der Waals surface area contributed by atoms with E-state index in [-0.39, 0.29) is 17.9 Å². The van der Waals surface area contributed by atoms with Crippen molar-refractivity contribution in [2.24, 2.45) is 5.92 Å². The Morgan fingerprint density at radius 2 is 1.97 bits per heavy atom. The predicted molar refractivity (Wildman–Crippen MR) is 143 cm³/mol. The normalized spacial score (nSPS) is 30.7. The van der Waals surface area contributed by atoms with E-state index < -0.39 is 11.0 Å². The lowest BCUT2D eigenvalue weighted by Crippen LogP contribution is -2.69. The number of likely N-dealkylation sites (N-methyl/N-ethyl adjacent to an activating group) is 1. The summed E-state index contributed by atoms with van der Waals surface area (Å²) in [6.07, 6.45) is 4.61. The van der Waals surface area contributed by atoms with E-state index in [1.54, 1.807) is 6.07 Å². The monoisotopic (exact) mass is 492 g/mol. The molecule has 5 aliphatic rings. The molecule has 1 unspecified atom stereocenters. The van der Waals surface area contributed by atoms with Crippen LogP contribution in [0.15, 0.2) is 42.5 Å². The zero-order valence-corrected chi connectivity index (χ0v) is 21.4. The summed E-state index contributed by atoms with van der Waals surface area (Å²) in [5, 5.41) is 27.9. The van der Waals surface area contributed by atoms with Crippen molar-refractivity contribution in [3.05, 3.63) is 70.4 Å². The quantitative estimate of drug-likeness (QED) is 0.423. The molecule has 4 aromatic rings. The maximum atomic E-state index is 13.1. The lowest BCUT2D eigenvalue weighted by Gasteiger charge is -2.57. The third-order valence-electron chi connectivity index (χ3n) is 10.7. The van der Waals surface area contributed by atoms with Crippen LogP contribution in [0, 0.1) is 5.92 Å². The van der Waals surface area contributed by atoms with Gasteiger partial charge in [0.15, 0.2) is 17.6 Å². The number of phenols is 1. The second-order valence-corrected chi connectivity index (χ2v) is 12.6. The van der Waals surface area contributed by atoms with E-state index >= 15 is 0 Å². The molecule has 5 nitrogen and oxygen atoms in total. The van der Waals surface area contributed by atoms with Crippen molar-refractivity contribution in [3.8, 4) is 11.5 Å². The minimum absolute atomic E-state index is 0.0140. The highest BCUT2D eigenvalue weighted by Crippen LogP contribution is 2.66. The molecule has 3 aliphatic carbocycles. The number of hydrogen-bond donors (Lipinski definition) is 2. The van der Waals surface area contributed by atoms with Crippen molar-refractivity contribution in [1.29, 1.82) is 0 Å². The van der Waals surface area contributed by atoms with E-state index in [1.807, 2.05) is 0 Å². The zero-order valence-electron chi connectivity index (χ0n) is 21.4. The van der Waals surface area contributed by atoms with Gasteiger partial charge in [0.1, 0.15) is 0 Å². The van der Waals surface area contributed by atoms with Crippen LogP contribution in [0.3, 0.4) is 0 Å². The molecular weight excluding hydrogens is 460 g/mol. The van der Waals surface area contributed by atoms with E-state index in [4.69, 9.17) is 4.74 Å². The van der Waals surface area contributed by atoms with Crippen molar-refractivity contribution in [1.82, 2.24) is 9.47 Å². The van der Waals surface area contributed by atoms with Gasteiger partial charge in [0.05, 0.1) is 22.2 Å². The first-order valence-corrected chi connectivity index (χ1v) is 13.9. The molecule has 4 atom stereocenters. The molecule has 1 aromatic heterocycles. The highest BCUT2D eigenvalue weighted by Gasteiger charge is 2.69. The number of aromatic nitrogens is 1. The largest absolute Gasteiger partial charge is 0.504 e. The van der Waals surface area contributed by atoms with Crippen LogP contribution in [0.4, 0.5) is 0 Å². The minimum Gasteiger partial charge on any atom is -0.504 e. The molecule has 2 N–H and O–H groups in total. The Morgan fingerprint density at radius 3 is 2.81 bits per heavy atom. The smallest absolute Gasteiger partial charge is 0.166 e. The number of benzene rings is 3. The van der Waals surface area contributed by atoms with Gasteiger partial charge < -0.3 is 19.5 Å². The van der Waals surface area contributed by atoms with Crippen molar-refractivity contribution >= 4 is 21.7 Å². The van der Waals surface area contributed by atoms with Gasteiger partial charge in [-0.15, -0.1) is 0 Å². The molecule has 0 spiro atoms. The summed E-state index contributed by atoms with van der Waals surface area (Å²) in [6.45, 7) is 4.15. The van der Waals surface area contributed by atoms with Crippen LogP contribution in [0.2, 0.25) is 0 Å². The van der Waals surface area contributed by atoms with Gasteiger partial charge in [-0.3, -0.25) is 4.90 Å². The molecule has 0 saturated heterocycles. The molecule has 37 heavy (non-hydrogen) atoms. The molecule has 1 saturated carbocycles. The van der Waals surface area contributed by atoms with Crippen LogP contribution >= 0.6 is 0 Å². The Kier molecular flexibility index (Phi) is 3.69. The minimum atomic E-state index is -1.01. The summed E-state index contributed by atoms with van der Waals surface area (Å²) in [7, 11) is 2.20. The number of hydrogen-bond acceptors (Lipinski definition) is 4. The molecule has 9 rings (SSSR count). The Morgan fingerprint density at radius 1 is 1.11 bits per heavy atom. The maximum absolute atomic E-state index is 13.1. The molecule has 0 radical (unpaired) electrons. The van der Waals surface area contributed by atoms with Crippen LogP contribution in [-0.2, 0) is 31.2 Å². The van der Waals surface area contributed by atoms with Gasteiger partial charge in [0.2, 0.25) is 0 Å². The molecule has 3 aromatic carbocycles. The summed E-state index contributed by atoms with van der Waals surface area (Å²) >= 11 is 0. The Labute approximate surface area is 216 Å². The summed E-state index contributed by atoms with van der Waals surface area (Å²) in [5.41, 5.74) is 5.72. The van der Waals surface area contributed by atoms with Gasteiger partial charge in [-0.25, -0.2) is 0 Å². The van der Waals surface area contributed by atoms with Crippen LogP contribution in [0.5, 0.6) is 11.5 Å². The fourth-order valence-corrected chi connectivity index (χ4v) is 8.80. The average molecular weight is 493 g/mol. The fraction of sp³-hybridized carbons (Fsp3) is 0.438. The standard InChI is InChI=1S/C32H32N2O3/c1-31-26-20-9-11-23(35)29(26)37-30(31)28-22(15-32(31,36)24(14-20)33(2)16-17-6-7-17)21-10-8-18-4-3-5-19-12-13-34(28)27(21)25(18)19/h3-5,8-11,17,24,30,35-36H,6-7,12-16H2,1-2H3/t24-,30+,31?,32-/m1/s1. The molecule has 1 fully saturated rings. The van der Waals surface area contributed by atoms with Crippen molar-refractivity contribution in [2.45, 2.75) is 68.7 Å². The van der Waals surface area contributed by atoms with Crippen LogP contribution < -0.4 is 4.74 Å². The number of ether oxygens (including phenoxy) is 1. The van der Waals surface area contributed by atoms with Crippen LogP contribution in [0.1, 0.15) is 53.8 Å². The SMILES string of the molecule is CN(CC1CC1)[C@@H]1Cc2ccc(O)c3c2C2(C)[C@@H](O3)c3c(c4ccc5cccc6c5c4n3CC6)C[C@@]12O. The number of nitrogens with zero attached hydrogens (tertiary/aromatic N) is 2. The second-order valence-electron chi connectivity index (χ2n) is 12.6. The number of aliphatic hydroxyl groups is 1. The third-order valence-corrected chi connectivity index (χ3v) is 10.7. The van der Waals surface area contributed by atoms with Crippen LogP contribution in [-0.4, -0.2) is 44.9 Å². The van der Waals surface area contributed by atoms with Gasteiger partial charge in [0, 0.05) is 41.9 Å². The second kappa shape index (κ2) is 6.51. The Balaban J connectivity index is 1.36. The molecule has 2 aliphatic heterocycles. The summed E-state index contributed by atoms with van der Waals surface area (Å²) < 4.78 is 9.30. The van der Waals surface area contributed by atoms with Gasteiger partial charge in [0.25, 0.3) is 0 Å². The maximum Gasteiger partial charge on any atom is 0.166 e. The summed E-state index contributed by atoms with van der Waals surface area (Å²) in [6, 6.07) is 15.0. The first kappa shape index (κ1) is 21.0. The number of aryl methyl sites for hydroxylation is 2.